The Labute approximate surface area is 123 Å². The lowest BCUT2D eigenvalue weighted by Gasteiger charge is -2.13. The molecule has 0 amide bonds. The van der Waals surface area contributed by atoms with Crippen LogP contribution in [0.4, 0.5) is 8.78 Å². The third-order valence-electron chi connectivity index (χ3n) is 3.09. The van der Waals surface area contributed by atoms with Crippen LogP contribution in [0.2, 0.25) is 0 Å². The number of hydrogen-bond acceptors (Lipinski definition) is 2. The number of hydrogen-bond donors (Lipinski definition) is 1. The molecule has 2 nitrogen and oxygen atoms in total. The van der Waals surface area contributed by atoms with Gasteiger partial charge in [-0.3, -0.25) is 0 Å². The van der Waals surface area contributed by atoms with Crippen LogP contribution in [-0.4, -0.2) is 6.54 Å². The van der Waals surface area contributed by atoms with E-state index in [4.69, 9.17) is 4.74 Å². The fraction of sp³-hybridized carbons (Fsp3) is 0.294. The molecule has 2 aromatic rings. The van der Waals surface area contributed by atoms with Gasteiger partial charge in [0.2, 0.25) is 0 Å². The molecule has 0 aliphatic carbocycles. The van der Waals surface area contributed by atoms with Gasteiger partial charge in [-0.05, 0) is 36.7 Å². The van der Waals surface area contributed by atoms with E-state index in [1.54, 1.807) is 18.2 Å². The van der Waals surface area contributed by atoms with E-state index < -0.39 is 0 Å². The maximum absolute atomic E-state index is 13.9. The minimum atomic E-state index is -0.382. The summed E-state index contributed by atoms with van der Waals surface area (Å²) in [4.78, 5) is 0. The van der Waals surface area contributed by atoms with E-state index in [1.165, 1.54) is 18.2 Å². The first-order chi connectivity index (χ1) is 10.2. The maximum Gasteiger partial charge on any atom is 0.165 e. The van der Waals surface area contributed by atoms with Crippen molar-refractivity contribution in [3.63, 3.8) is 0 Å². The zero-order valence-corrected chi connectivity index (χ0v) is 12.0. The Kier molecular flexibility index (Phi) is 5.69. The second-order valence-electron chi connectivity index (χ2n) is 4.82. The largest absolute Gasteiger partial charge is 0.485 e. The second kappa shape index (κ2) is 7.74. The summed E-state index contributed by atoms with van der Waals surface area (Å²) in [5, 5.41) is 3.23. The van der Waals surface area contributed by atoms with Crippen molar-refractivity contribution in [2.75, 3.05) is 6.54 Å². The normalized spacial score (nSPS) is 10.6. The second-order valence-corrected chi connectivity index (χ2v) is 4.82. The van der Waals surface area contributed by atoms with E-state index in [0.717, 1.165) is 24.1 Å². The number of halogens is 2. The number of para-hydroxylation sites is 1. The van der Waals surface area contributed by atoms with Crippen LogP contribution in [0.1, 0.15) is 24.5 Å². The fourth-order valence-corrected chi connectivity index (χ4v) is 1.99. The predicted octanol–water partition coefficient (Wildman–Crippen LogP) is 4.04. The molecular formula is C17H19F2NO. The van der Waals surface area contributed by atoms with E-state index in [9.17, 15) is 8.78 Å². The van der Waals surface area contributed by atoms with Gasteiger partial charge in [0.05, 0.1) is 0 Å². The summed E-state index contributed by atoms with van der Waals surface area (Å²) in [5.74, 6) is -0.424. The molecule has 0 fully saturated rings. The molecule has 2 aromatic carbocycles. The van der Waals surface area contributed by atoms with Crippen LogP contribution in [0.25, 0.3) is 0 Å². The molecule has 0 atom stereocenters. The van der Waals surface area contributed by atoms with Crippen molar-refractivity contribution < 1.29 is 13.5 Å². The Hall–Kier alpha value is -1.94. The van der Waals surface area contributed by atoms with Gasteiger partial charge in [0, 0.05) is 12.1 Å². The summed E-state index contributed by atoms with van der Waals surface area (Å²) in [6.07, 6.45) is 1.01. The molecule has 1 N–H and O–H groups in total. The lowest BCUT2D eigenvalue weighted by atomic mass is 10.2. The van der Waals surface area contributed by atoms with Crippen molar-refractivity contribution in [2.45, 2.75) is 26.5 Å². The van der Waals surface area contributed by atoms with Crippen LogP contribution in [-0.2, 0) is 13.2 Å². The highest BCUT2D eigenvalue weighted by Gasteiger charge is 2.09. The smallest absolute Gasteiger partial charge is 0.165 e. The molecule has 21 heavy (non-hydrogen) atoms. The first-order valence-electron chi connectivity index (χ1n) is 7.06. The van der Waals surface area contributed by atoms with Gasteiger partial charge in [0.25, 0.3) is 0 Å². The molecule has 0 saturated carbocycles. The molecule has 0 aliphatic heterocycles. The monoisotopic (exact) mass is 291 g/mol. The Bertz CT molecular complexity index is 570. The molecule has 0 aliphatic rings. The molecule has 2 rings (SSSR count). The predicted molar refractivity (Wildman–Crippen MR) is 79.1 cm³/mol. The van der Waals surface area contributed by atoms with Gasteiger partial charge in [-0.25, -0.2) is 8.78 Å². The van der Waals surface area contributed by atoms with E-state index >= 15 is 0 Å². The quantitative estimate of drug-likeness (QED) is 0.777. The molecule has 112 valence electrons. The Morgan fingerprint density at radius 3 is 2.52 bits per heavy atom. The first-order valence-corrected chi connectivity index (χ1v) is 7.06. The SMILES string of the molecule is CCCNCc1cccc(F)c1OCc1ccc(F)cc1. The van der Waals surface area contributed by atoms with Crippen LogP contribution in [0, 0.1) is 11.6 Å². The summed E-state index contributed by atoms with van der Waals surface area (Å²) >= 11 is 0. The minimum absolute atomic E-state index is 0.210. The summed E-state index contributed by atoms with van der Waals surface area (Å²) in [5.41, 5.74) is 1.58. The molecule has 0 radical (unpaired) electrons. The highest BCUT2D eigenvalue weighted by molar-refractivity contribution is 5.35. The number of ether oxygens (including phenoxy) is 1. The summed E-state index contributed by atoms with van der Waals surface area (Å²) in [6, 6.07) is 10.9. The van der Waals surface area contributed by atoms with Crippen LogP contribution < -0.4 is 10.1 Å². The Morgan fingerprint density at radius 2 is 1.81 bits per heavy atom. The Morgan fingerprint density at radius 1 is 1.05 bits per heavy atom. The average molecular weight is 291 g/mol. The van der Waals surface area contributed by atoms with Gasteiger partial charge in [-0.2, -0.15) is 0 Å². The highest BCUT2D eigenvalue weighted by atomic mass is 19.1. The number of rotatable bonds is 7. The van der Waals surface area contributed by atoms with Gasteiger partial charge < -0.3 is 10.1 Å². The lowest BCUT2D eigenvalue weighted by Crippen LogP contribution is -2.15. The van der Waals surface area contributed by atoms with Crippen molar-refractivity contribution >= 4 is 0 Å². The third kappa shape index (κ3) is 4.53. The molecule has 0 heterocycles. The van der Waals surface area contributed by atoms with Crippen molar-refractivity contribution in [1.29, 1.82) is 0 Å². The van der Waals surface area contributed by atoms with Crippen molar-refractivity contribution in [3.05, 3.63) is 65.2 Å². The highest BCUT2D eigenvalue weighted by Crippen LogP contribution is 2.23. The van der Waals surface area contributed by atoms with Gasteiger partial charge in [0.1, 0.15) is 12.4 Å². The number of nitrogens with one attached hydrogen (secondary N) is 1. The van der Waals surface area contributed by atoms with Gasteiger partial charge in [-0.1, -0.05) is 31.2 Å². The minimum Gasteiger partial charge on any atom is -0.485 e. The van der Waals surface area contributed by atoms with Gasteiger partial charge in [-0.15, -0.1) is 0 Å². The van der Waals surface area contributed by atoms with Crippen molar-refractivity contribution in [2.24, 2.45) is 0 Å². The zero-order valence-electron chi connectivity index (χ0n) is 12.0. The molecule has 0 aromatic heterocycles. The molecule has 0 bridgehead atoms. The van der Waals surface area contributed by atoms with Crippen LogP contribution >= 0.6 is 0 Å². The molecular weight excluding hydrogens is 272 g/mol. The van der Waals surface area contributed by atoms with Crippen molar-refractivity contribution in [1.82, 2.24) is 5.32 Å². The van der Waals surface area contributed by atoms with E-state index in [2.05, 4.69) is 12.2 Å². The maximum atomic E-state index is 13.9. The van der Waals surface area contributed by atoms with Gasteiger partial charge in [0.15, 0.2) is 11.6 Å². The zero-order chi connectivity index (χ0) is 15.1. The van der Waals surface area contributed by atoms with Crippen LogP contribution in [0.5, 0.6) is 5.75 Å². The van der Waals surface area contributed by atoms with Crippen molar-refractivity contribution in [3.8, 4) is 5.75 Å². The van der Waals surface area contributed by atoms with Gasteiger partial charge >= 0.3 is 0 Å². The van der Waals surface area contributed by atoms with E-state index in [1.807, 2.05) is 6.07 Å². The lowest BCUT2D eigenvalue weighted by molar-refractivity contribution is 0.286. The average Bonchev–Trinajstić information content (AvgIpc) is 2.48. The van der Waals surface area contributed by atoms with Crippen LogP contribution in [0.15, 0.2) is 42.5 Å². The summed E-state index contributed by atoms with van der Waals surface area (Å²) < 4.78 is 32.3. The first kappa shape index (κ1) is 15.4. The third-order valence-corrected chi connectivity index (χ3v) is 3.09. The standard InChI is InChI=1S/C17H19F2NO/c1-2-10-20-11-14-4-3-5-16(19)17(14)21-12-13-6-8-15(18)9-7-13/h3-9,20H,2,10-12H2,1H3. The number of benzene rings is 2. The summed E-state index contributed by atoms with van der Waals surface area (Å²) in [6.45, 7) is 3.71. The molecule has 0 unspecified atom stereocenters. The Balaban J connectivity index is 2.05. The molecule has 0 spiro atoms. The van der Waals surface area contributed by atoms with Crippen LogP contribution in [0.3, 0.4) is 0 Å². The van der Waals surface area contributed by atoms with E-state index in [-0.39, 0.29) is 24.0 Å². The fourth-order valence-electron chi connectivity index (χ4n) is 1.99. The molecule has 4 heteroatoms. The molecule has 0 saturated heterocycles. The van der Waals surface area contributed by atoms with E-state index in [0.29, 0.717) is 6.54 Å². The topological polar surface area (TPSA) is 21.3 Å². The summed E-state index contributed by atoms with van der Waals surface area (Å²) in [7, 11) is 0.